The largest absolute Gasteiger partial charge is 0.496 e. The number of methoxy groups -OCH3 is 1. The molecule has 28 heavy (non-hydrogen) atoms. The fourth-order valence-electron chi connectivity index (χ4n) is 2.80. The van der Waals surface area contributed by atoms with Gasteiger partial charge in [-0.2, -0.15) is 0 Å². The number of nitrogens with one attached hydrogen (secondary N) is 1. The Labute approximate surface area is 167 Å². The predicted octanol–water partition coefficient (Wildman–Crippen LogP) is 4.15. The molecule has 8 heteroatoms. The smallest absolute Gasteiger partial charge is 0.348 e. The van der Waals surface area contributed by atoms with Gasteiger partial charge in [-0.3, -0.25) is 4.72 Å². The van der Waals surface area contributed by atoms with Crippen molar-refractivity contribution in [1.82, 2.24) is 0 Å². The predicted molar refractivity (Wildman–Crippen MR) is 109 cm³/mol. The molecule has 0 atom stereocenters. The van der Waals surface area contributed by atoms with E-state index < -0.39 is 16.0 Å². The zero-order valence-corrected chi connectivity index (χ0v) is 16.9. The Morgan fingerprint density at radius 1 is 1.18 bits per heavy atom. The second-order valence-electron chi connectivity index (χ2n) is 6.17. The molecule has 6 nitrogen and oxygen atoms in total. The fraction of sp³-hybridized carbons (Fsp3) is 0.150. The van der Waals surface area contributed by atoms with E-state index >= 15 is 0 Å². The first-order chi connectivity index (χ1) is 13.3. The minimum Gasteiger partial charge on any atom is -0.496 e. The lowest BCUT2D eigenvalue weighted by Crippen LogP contribution is -2.15. The summed E-state index contributed by atoms with van der Waals surface area (Å²) in [5.74, 6) is -0.587. The van der Waals surface area contributed by atoms with E-state index in [1.165, 1.54) is 13.2 Å². The first-order valence-electron chi connectivity index (χ1n) is 8.37. The van der Waals surface area contributed by atoms with E-state index in [2.05, 4.69) is 4.72 Å². The van der Waals surface area contributed by atoms with Crippen molar-refractivity contribution in [1.29, 1.82) is 0 Å². The summed E-state index contributed by atoms with van der Waals surface area (Å²) in [6, 6.07) is 14.2. The first kappa shape index (κ1) is 19.9. The summed E-state index contributed by atoms with van der Waals surface area (Å²) in [5, 5.41) is 10.9. The van der Waals surface area contributed by atoms with Crippen molar-refractivity contribution >= 4 is 33.0 Å². The van der Waals surface area contributed by atoms with Crippen LogP contribution in [-0.2, 0) is 16.4 Å². The highest BCUT2D eigenvalue weighted by Crippen LogP contribution is 2.31. The topological polar surface area (TPSA) is 92.7 Å². The Kier molecular flexibility index (Phi) is 5.71. The maximum atomic E-state index is 12.9. The van der Waals surface area contributed by atoms with Gasteiger partial charge >= 0.3 is 5.97 Å². The lowest BCUT2D eigenvalue weighted by molar-refractivity contribution is 0.0703. The van der Waals surface area contributed by atoms with Crippen LogP contribution < -0.4 is 9.46 Å². The second-order valence-corrected chi connectivity index (χ2v) is 8.73. The molecule has 0 unspecified atom stereocenters. The van der Waals surface area contributed by atoms with E-state index in [1.807, 2.05) is 30.3 Å². The Bertz CT molecular complexity index is 1100. The van der Waals surface area contributed by atoms with Crippen LogP contribution in [0, 0.1) is 6.92 Å². The zero-order valence-electron chi connectivity index (χ0n) is 15.3. The molecule has 0 aliphatic rings. The molecule has 0 saturated heterocycles. The molecule has 0 amide bonds. The third kappa shape index (κ3) is 4.18. The third-order valence-electron chi connectivity index (χ3n) is 4.21. The Balaban J connectivity index is 1.97. The van der Waals surface area contributed by atoms with Gasteiger partial charge < -0.3 is 9.84 Å². The molecular weight excluding hydrogens is 398 g/mol. The number of ether oxygens (including phenoxy) is 1. The fourth-order valence-corrected chi connectivity index (χ4v) is 4.90. The lowest BCUT2D eigenvalue weighted by Gasteiger charge is -2.13. The van der Waals surface area contributed by atoms with Gasteiger partial charge in [-0.25, -0.2) is 13.2 Å². The molecule has 3 rings (SSSR count). The number of hydrogen-bond acceptors (Lipinski definition) is 5. The number of carbonyl (C=O) groups is 1. The number of carboxylic acids is 1. The van der Waals surface area contributed by atoms with Crippen LogP contribution >= 0.6 is 11.3 Å². The van der Waals surface area contributed by atoms with Gasteiger partial charge in [0.2, 0.25) is 0 Å². The number of sulfonamides is 1. The van der Waals surface area contributed by atoms with E-state index in [1.54, 1.807) is 24.4 Å². The number of hydrogen-bond donors (Lipinski definition) is 2. The number of carboxylic acid groups (broad SMARTS) is 1. The molecule has 0 fully saturated rings. The van der Waals surface area contributed by atoms with Gasteiger partial charge in [-0.1, -0.05) is 30.3 Å². The summed E-state index contributed by atoms with van der Waals surface area (Å²) in [6.07, 6.45) is 0.505. The minimum atomic E-state index is -3.96. The zero-order chi connectivity index (χ0) is 20.3. The summed E-state index contributed by atoms with van der Waals surface area (Å²) in [6.45, 7) is 1.66. The van der Waals surface area contributed by atoms with Crippen LogP contribution in [-0.4, -0.2) is 26.6 Å². The molecule has 0 bridgehead atoms. The molecule has 0 radical (unpaired) electrons. The monoisotopic (exact) mass is 417 g/mol. The van der Waals surface area contributed by atoms with Gasteiger partial charge in [-0.05, 0) is 47.2 Å². The maximum Gasteiger partial charge on any atom is 0.348 e. The van der Waals surface area contributed by atoms with Gasteiger partial charge in [0.15, 0.2) is 0 Å². The normalized spacial score (nSPS) is 11.2. The molecule has 0 aliphatic carbocycles. The van der Waals surface area contributed by atoms with Crippen molar-refractivity contribution in [3.8, 4) is 5.75 Å². The van der Waals surface area contributed by atoms with Gasteiger partial charge in [-0.15, -0.1) is 11.3 Å². The molecular formula is C20H19NO5S2. The summed E-state index contributed by atoms with van der Waals surface area (Å²) in [5.41, 5.74) is 2.39. The van der Waals surface area contributed by atoms with E-state index in [4.69, 9.17) is 4.74 Å². The van der Waals surface area contributed by atoms with E-state index in [9.17, 15) is 18.3 Å². The van der Waals surface area contributed by atoms with E-state index in [0.717, 1.165) is 22.5 Å². The number of aryl methyl sites for hydroxylation is 1. The Hall–Kier alpha value is -2.84. The van der Waals surface area contributed by atoms with Crippen LogP contribution in [0.3, 0.4) is 0 Å². The van der Waals surface area contributed by atoms with Crippen molar-refractivity contribution in [2.24, 2.45) is 0 Å². The average Bonchev–Trinajstić information content (AvgIpc) is 3.02. The van der Waals surface area contributed by atoms with Crippen molar-refractivity contribution in [3.05, 3.63) is 75.5 Å². The Morgan fingerprint density at radius 3 is 2.54 bits per heavy atom. The first-order valence-corrected chi connectivity index (χ1v) is 10.7. The summed E-state index contributed by atoms with van der Waals surface area (Å²) in [4.78, 5) is 11.4. The molecule has 0 saturated carbocycles. The van der Waals surface area contributed by atoms with Gasteiger partial charge in [0, 0.05) is 6.42 Å². The molecule has 146 valence electrons. The highest BCUT2D eigenvalue weighted by Gasteiger charge is 2.23. The average molecular weight is 418 g/mol. The molecule has 2 aromatic carbocycles. The molecule has 2 N–H and O–H groups in total. The second kappa shape index (κ2) is 8.04. The highest BCUT2D eigenvalue weighted by atomic mass is 32.2. The quantitative estimate of drug-likeness (QED) is 0.602. The van der Waals surface area contributed by atoms with Gasteiger partial charge in [0.25, 0.3) is 10.0 Å². The number of aromatic carboxylic acids is 1. The molecule has 1 aromatic heterocycles. The standard InChI is InChI=1S/C20H19NO5S2/c1-13-12-27-19(20(22)23)18(13)21-28(24,25)16-8-9-17(26-2)15(11-16)10-14-6-4-3-5-7-14/h3-9,11-12,21H,10H2,1-2H3,(H,22,23). The lowest BCUT2D eigenvalue weighted by atomic mass is 10.0. The number of anilines is 1. The van der Waals surface area contributed by atoms with Crippen LogP contribution in [0.4, 0.5) is 5.69 Å². The highest BCUT2D eigenvalue weighted by molar-refractivity contribution is 7.92. The van der Waals surface area contributed by atoms with Gasteiger partial charge in [0.1, 0.15) is 10.6 Å². The van der Waals surface area contributed by atoms with Crippen molar-refractivity contribution < 1.29 is 23.1 Å². The molecule has 0 aliphatic heterocycles. The molecule has 3 aromatic rings. The minimum absolute atomic E-state index is 0.0425. The number of thiophene rings is 1. The number of rotatable bonds is 7. The van der Waals surface area contributed by atoms with Crippen LogP contribution in [0.15, 0.2) is 58.8 Å². The maximum absolute atomic E-state index is 12.9. The van der Waals surface area contributed by atoms with E-state index in [0.29, 0.717) is 17.7 Å². The van der Waals surface area contributed by atoms with Crippen LogP contribution in [0.5, 0.6) is 5.75 Å². The van der Waals surface area contributed by atoms with Crippen molar-refractivity contribution in [2.45, 2.75) is 18.2 Å². The van der Waals surface area contributed by atoms with Crippen LogP contribution in [0.25, 0.3) is 0 Å². The van der Waals surface area contributed by atoms with Crippen molar-refractivity contribution in [2.75, 3.05) is 11.8 Å². The molecule has 0 spiro atoms. The van der Waals surface area contributed by atoms with Gasteiger partial charge in [0.05, 0.1) is 17.7 Å². The number of benzene rings is 2. The Morgan fingerprint density at radius 2 is 1.89 bits per heavy atom. The van der Waals surface area contributed by atoms with Crippen LogP contribution in [0.1, 0.15) is 26.4 Å². The molecule has 1 heterocycles. The summed E-state index contributed by atoms with van der Waals surface area (Å²) >= 11 is 0.985. The SMILES string of the molecule is COc1ccc(S(=O)(=O)Nc2c(C)csc2C(=O)O)cc1Cc1ccccc1. The summed E-state index contributed by atoms with van der Waals surface area (Å²) < 4.78 is 33.6. The summed E-state index contributed by atoms with van der Waals surface area (Å²) in [7, 11) is -2.43. The third-order valence-corrected chi connectivity index (χ3v) is 6.64. The van der Waals surface area contributed by atoms with E-state index in [-0.39, 0.29) is 15.5 Å². The van der Waals surface area contributed by atoms with Crippen LogP contribution in [0.2, 0.25) is 0 Å². The van der Waals surface area contributed by atoms with Crippen molar-refractivity contribution in [3.63, 3.8) is 0 Å².